The minimum Gasteiger partial charge on any atom is -0.383 e. The molecule has 0 unspecified atom stereocenters. The summed E-state index contributed by atoms with van der Waals surface area (Å²) >= 11 is 5.93. The molecule has 1 heterocycles. The Morgan fingerprint density at radius 3 is 2.90 bits per heavy atom. The molecule has 1 fully saturated rings. The summed E-state index contributed by atoms with van der Waals surface area (Å²) in [4.78, 5) is 4.51. The molecule has 1 saturated carbocycles. The fourth-order valence-electron chi connectivity index (χ4n) is 2.27. The van der Waals surface area contributed by atoms with Gasteiger partial charge in [-0.2, -0.15) is 0 Å². The minimum absolute atomic E-state index is 0.313. The van der Waals surface area contributed by atoms with Crippen molar-refractivity contribution in [3.05, 3.63) is 34.9 Å². The van der Waals surface area contributed by atoms with E-state index in [1.54, 1.807) is 4.57 Å². The molecule has 0 bridgehead atoms. The average molecular weight is 290 g/mol. The summed E-state index contributed by atoms with van der Waals surface area (Å²) < 4.78 is 15.8. The maximum Gasteiger partial charge on any atom is 0.132 e. The highest BCUT2D eigenvalue weighted by atomic mass is 35.5. The molecule has 0 saturated heterocycles. The Labute approximate surface area is 121 Å². The second-order valence-electron chi connectivity index (χ2n) is 4.89. The Morgan fingerprint density at radius 1 is 1.50 bits per heavy atom. The smallest absolute Gasteiger partial charge is 0.132 e. The maximum absolute atomic E-state index is 14.0. The molecule has 1 aromatic carbocycles. The third-order valence-electron chi connectivity index (χ3n) is 3.41. The Balaban J connectivity index is 2.16. The van der Waals surface area contributed by atoms with Gasteiger partial charge in [-0.25, -0.2) is 9.37 Å². The molecule has 5 heteroatoms. The van der Waals surface area contributed by atoms with E-state index in [9.17, 15) is 4.39 Å². The zero-order valence-corrected chi connectivity index (χ0v) is 11.5. The summed E-state index contributed by atoms with van der Waals surface area (Å²) in [5, 5.41) is 0.445. The van der Waals surface area contributed by atoms with Crippen molar-refractivity contribution in [2.75, 3.05) is 5.73 Å². The van der Waals surface area contributed by atoms with Gasteiger partial charge in [0.2, 0.25) is 0 Å². The van der Waals surface area contributed by atoms with Crippen LogP contribution in [0.1, 0.15) is 24.6 Å². The molecule has 102 valence electrons. The topological polar surface area (TPSA) is 43.8 Å². The highest BCUT2D eigenvalue weighted by Crippen LogP contribution is 2.42. The van der Waals surface area contributed by atoms with Gasteiger partial charge in [-0.3, -0.25) is 0 Å². The molecule has 2 N–H and O–H groups in total. The van der Waals surface area contributed by atoms with Crippen LogP contribution in [0.4, 0.5) is 10.2 Å². The SMILES string of the molecule is C#CCn1c(C2CC2)nc(-c2cc(Cl)ccc2F)c1N. The van der Waals surface area contributed by atoms with Crippen molar-refractivity contribution in [1.82, 2.24) is 9.55 Å². The Bertz CT molecular complexity index is 711. The van der Waals surface area contributed by atoms with Crippen molar-refractivity contribution >= 4 is 17.4 Å². The number of aromatic nitrogens is 2. The van der Waals surface area contributed by atoms with Crippen molar-refractivity contribution in [3.8, 4) is 23.6 Å². The van der Waals surface area contributed by atoms with Crippen molar-refractivity contribution in [3.63, 3.8) is 0 Å². The number of hydrogen-bond donors (Lipinski definition) is 1. The number of hydrogen-bond acceptors (Lipinski definition) is 2. The van der Waals surface area contributed by atoms with Crippen LogP contribution in [-0.4, -0.2) is 9.55 Å². The predicted octanol–water partition coefficient (Wildman–Crippen LogP) is 3.44. The van der Waals surface area contributed by atoms with Crippen molar-refractivity contribution in [2.45, 2.75) is 25.3 Å². The van der Waals surface area contributed by atoms with E-state index in [0.717, 1.165) is 18.7 Å². The number of terminal acetylenes is 1. The first-order valence-corrected chi connectivity index (χ1v) is 6.74. The zero-order chi connectivity index (χ0) is 14.3. The molecule has 3 rings (SSSR count). The van der Waals surface area contributed by atoms with E-state index in [2.05, 4.69) is 10.9 Å². The number of rotatable bonds is 3. The van der Waals surface area contributed by atoms with E-state index in [0.29, 0.717) is 34.6 Å². The highest BCUT2D eigenvalue weighted by molar-refractivity contribution is 6.30. The molecule has 0 atom stereocenters. The number of nitrogens with two attached hydrogens (primary N) is 1. The molecule has 0 aliphatic heterocycles. The van der Waals surface area contributed by atoms with Crippen LogP contribution < -0.4 is 5.73 Å². The van der Waals surface area contributed by atoms with Crippen molar-refractivity contribution in [1.29, 1.82) is 0 Å². The number of anilines is 1. The molecule has 1 aliphatic rings. The van der Waals surface area contributed by atoms with Crippen LogP contribution in [0.2, 0.25) is 5.02 Å². The lowest BCUT2D eigenvalue weighted by Gasteiger charge is -2.05. The van der Waals surface area contributed by atoms with Crippen LogP contribution in [0.25, 0.3) is 11.3 Å². The molecule has 2 aromatic rings. The second kappa shape index (κ2) is 4.84. The summed E-state index contributed by atoms with van der Waals surface area (Å²) in [6.45, 7) is 0.340. The summed E-state index contributed by atoms with van der Waals surface area (Å²) in [6, 6.07) is 4.34. The summed E-state index contributed by atoms with van der Waals surface area (Å²) in [5.41, 5.74) is 6.83. The molecular weight excluding hydrogens is 277 g/mol. The lowest BCUT2D eigenvalue weighted by molar-refractivity contribution is 0.631. The molecule has 0 amide bonds. The van der Waals surface area contributed by atoms with Gasteiger partial charge in [0.1, 0.15) is 23.2 Å². The van der Waals surface area contributed by atoms with Crippen LogP contribution in [0.5, 0.6) is 0 Å². The molecule has 1 aliphatic carbocycles. The Morgan fingerprint density at radius 2 is 2.25 bits per heavy atom. The lowest BCUT2D eigenvalue weighted by atomic mass is 10.1. The fourth-order valence-corrected chi connectivity index (χ4v) is 2.44. The van der Waals surface area contributed by atoms with Crippen LogP contribution in [-0.2, 0) is 6.54 Å². The summed E-state index contributed by atoms with van der Waals surface area (Å²) in [7, 11) is 0. The monoisotopic (exact) mass is 289 g/mol. The summed E-state index contributed by atoms with van der Waals surface area (Å²) in [6.07, 6.45) is 7.51. The second-order valence-corrected chi connectivity index (χ2v) is 5.33. The molecular formula is C15H13ClFN3. The van der Waals surface area contributed by atoms with Crippen LogP contribution in [0.15, 0.2) is 18.2 Å². The largest absolute Gasteiger partial charge is 0.383 e. The van der Waals surface area contributed by atoms with Gasteiger partial charge in [0.25, 0.3) is 0 Å². The van der Waals surface area contributed by atoms with Gasteiger partial charge >= 0.3 is 0 Å². The Kier molecular flexibility index (Phi) is 3.15. The molecule has 3 nitrogen and oxygen atoms in total. The zero-order valence-electron chi connectivity index (χ0n) is 10.7. The summed E-state index contributed by atoms with van der Waals surface area (Å²) in [5.74, 6) is 3.78. The first kappa shape index (κ1) is 13.0. The van der Waals surface area contributed by atoms with E-state index < -0.39 is 5.82 Å². The number of benzene rings is 1. The van der Waals surface area contributed by atoms with Crippen LogP contribution in [0, 0.1) is 18.2 Å². The minimum atomic E-state index is -0.395. The van der Waals surface area contributed by atoms with E-state index in [1.165, 1.54) is 18.2 Å². The molecule has 0 spiro atoms. The molecule has 1 aromatic heterocycles. The molecule has 0 radical (unpaired) electrons. The number of nitrogens with zero attached hydrogens (tertiary/aromatic N) is 2. The fraction of sp³-hybridized carbons (Fsp3) is 0.267. The van der Waals surface area contributed by atoms with Crippen molar-refractivity contribution in [2.24, 2.45) is 0 Å². The lowest BCUT2D eigenvalue weighted by Crippen LogP contribution is -2.05. The van der Waals surface area contributed by atoms with E-state index in [1.807, 2.05) is 0 Å². The Hall–Kier alpha value is -1.99. The number of nitrogen functional groups attached to an aromatic ring is 1. The molecule has 20 heavy (non-hydrogen) atoms. The van der Waals surface area contributed by atoms with Gasteiger partial charge in [0.15, 0.2) is 0 Å². The van der Waals surface area contributed by atoms with Gasteiger partial charge in [0, 0.05) is 16.5 Å². The van der Waals surface area contributed by atoms with Gasteiger partial charge in [-0.05, 0) is 31.0 Å². The average Bonchev–Trinajstić information content (AvgIpc) is 3.21. The first-order valence-electron chi connectivity index (χ1n) is 6.36. The first-order chi connectivity index (χ1) is 9.61. The maximum atomic E-state index is 14.0. The van der Waals surface area contributed by atoms with Crippen LogP contribution >= 0.6 is 11.6 Å². The third-order valence-corrected chi connectivity index (χ3v) is 3.65. The van der Waals surface area contributed by atoms with Gasteiger partial charge in [0.05, 0.1) is 6.54 Å². The normalized spacial score (nSPS) is 14.2. The van der Waals surface area contributed by atoms with Gasteiger partial charge in [-0.15, -0.1) is 6.42 Å². The van der Waals surface area contributed by atoms with Crippen LogP contribution in [0.3, 0.4) is 0 Å². The van der Waals surface area contributed by atoms with Crippen molar-refractivity contribution < 1.29 is 4.39 Å². The highest BCUT2D eigenvalue weighted by Gasteiger charge is 2.31. The number of imidazole rings is 1. The quantitative estimate of drug-likeness (QED) is 0.880. The standard InChI is InChI=1S/C15H13ClFN3/c1-2-7-20-14(18)13(19-15(20)9-3-4-9)11-8-10(16)5-6-12(11)17/h1,5-6,8-9H,3-4,7,18H2. The van der Waals surface area contributed by atoms with Gasteiger partial charge < -0.3 is 10.3 Å². The third kappa shape index (κ3) is 2.14. The predicted molar refractivity (Wildman–Crippen MR) is 77.9 cm³/mol. The van der Waals surface area contributed by atoms with Gasteiger partial charge in [-0.1, -0.05) is 17.5 Å². The van der Waals surface area contributed by atoms with E-state index in [4.69, 9.17) is 23.8 Å². The van der Waals surface area contributed by atoms with E-state index in [-0.39, 0.29) is 0 Å². The van der Waals surface area contributed by atoms with E-state index >= 15 is 0 Å². The number of halogens is 2.